The summed E-state index contributed by atoms with van der Waals surface area (Å²) in [5, 5.41) is 15.0. The third kappa shape index (κ3) is 3.70. The molecule has 3 fully saturated rings. The van der Waals surface area contributed by atoms with Gasteiger partial charge in [0, 0.05) is 28.3 Å². The molecular formula is C21H25ClN4O2S. The summed E-state index contributed by atoms with van der Waals surface area (Å²) in [4.78, 5) is 24.5. The minimum Gasteiger partial charge on any atom is -0.326 e. The van der Waals surface area contributed by atoms with Gasteiger partial charge in [-0.3, -0.25) is 9.59 Å². The molecular weight excluding hydrogens is 408 g/mol. The molecule has 0 aromatic heterocycles. The number of nitrogens with zero attached hydrogens (tertiary/aromatic N) is 2. The van der Waals surface area contributed by atoms with Crippen molar-refractivity contribution in [2.45, 2.75) is 51.7 Å². The van der Waals surface area contributed by atoms with Gasteiger partial charge in [0.05, 0.1) is 0 Å². The van der Waals surface area contributed by atoms with Gasteiger partial charge in [-0.05, 0) is 54.9 Å². The van der Waals surface area contributed by atoms with Gasteiger partial charge >= 0.3 is 0 Å². The van der Waals surface area contributed by atoms with Crippen molar-refractivity contribution in [3.63, 3.8) is 0 Å². The number of amides is 2. The molecule has 2 amide bonds. The van der Waals surface area contributed by atoms with Crippen molar-refractivity contribution in [2.75, 3.05) is 5.32 Å². The maximum atomic E-state index is 12.3. The Morgan fingerprint density at radius 3 is 2.62 bits per heavy atom. The van der Waals surface area contributed by atoms with Gasteiger partial charge in [0.2, 0.25) is 11.8 Å². The minimum absolute atomic E-state index is 0.0710. The standard InChI is InChI=1S/C21H25ClN4O2S/c1-20(2)12-8-9-21(20,3)16(10-12)25-26-19-24-18(28)15(29-19)11-17(27)23-14-6-4-13(22)5-7-14/h4-7,12,15H,8-11H2,1-3H3,(H,23,27)(H,24,26,28)/b25-16+/t12-,15-,21+/m0/s1. The fourth-order valence-corrected chi connectivity index (χ4v) is 5.73. The summed E-state index contributed by atoms with van der Waals surface area (Å²) in [6.45, 7) is 6.92. The Kier molecular flexibility index (Phi) is 5.23. The lowest BCUT2D eigenvalue weighted by molar-refractivity contribution is -0.122. The lowest BCUT2D eigenvalue weighted by atomic mass is 9.70. The summed E-state index contributed by atoms with van der Waals surface area (Å²) in [7, 11) is 0. The van der Waals surface area contributed by atoms with Gasteiger partial charge in [0.1, 0.15) is 5.25 Å². The molecule has 29 heavy (non-hydrogen) atoms. The number of nitrogens with one attached hydrogen (secondary N) is 2. The Balaban J connectivity index is 1.38. The molecule has 1 heterocycles. The summed E-state index contributed by atoms with van der Waals surface area (Å²) >= 11 is 7.11. The molecule has 3 atom stereocenters. The Hall–Kier alpha value is -1.86. The first-order chi connectivity index (χ1) is 13.7. The highest BCUT2D eigenvalue weighted by Gasteiger charge is 2.60. The van der Waals surface area contributed by atoms with E-state index in [-0.39, 0.29) is 29.1 Å². The van der Waals surface area contributed by atoms with Crippen LogP contribution in [0.4, 0.5) is 5.69 Å². The van der Waals surface area contributed by atoms with Crippen molar-refractivity contribution >= 4 is 51.7 Å². The summed E-state index contributed by atoms with van der Waals surface area (Å²) in [5.41, 5.74) is 2.09. The molecule has 2 aliphatic carbocycles. The van der Waals surface area contributed by atoms with Gasteiger partial charge in [-0.15, -0.1) is 5.10 Å². The van der Waals surface area contributed by atoms with Crippen molar-refractivity contribution in [3.05, 3.63) is 29.3 Å². The van der Waals surface area contributed by atoms with E-state index < -0.39 is 5.25 Å². The van der Waals surface area contributed by atoms with E-state index in [1.807, 2.05) is 0 Å². The van der Waals surface area contributed by atoms with Crippen LogP contribution in [-0.2, 0) is 9.59 Å². The number of hydrogen-bond acceptors (Lipinski definition) is 5. The van der Waals surface area contributed by atoms with Gasteiger partial charge < -0.3 is 10.6 Å². The largest absolute Gasteiger partial charge is 0.326 e. The van der Waals surface area contributed by atoms with E-state index in [1.54, 1.807) is 24.3 Å². The van der Waals surface area contributed by atoms with E-state index in [0.29, 0.717) is 21.8 Å². The van der Waals surface area contributed by atoms with Gasteiger partial charge in [-0.25, -0.2) is 0 Å². The number of thioether (sulfide) groups is 1. The number of carbonyl (C=O) groups is 2. The van der Waals surface area contributed by atoms with Crippen LogP contribution in [0.3, 0.4) is 0 Å². The quantitative estimate of drug-likeness (QED) is 0.689. The molecule has 3 aliphatic rings. The monoisotopic (exact) mass is 432 g/mol. The summed E-state index contributed by atoms with van der Waals surface area (Å²) < 4.78 is 0. The van der Waals surface area contributed by atoms with Crippen molar-refractivity contribution in [1.29, 1.82) is 0 Å². The van der Waals surface area contributed by atoms with Gasteiger partial charge in [0.15, 0.2) is 5.17 Å². The van der Waals surface area contributed by atoms with E-state index in [9.17, 15) is 9.59 Å². The summed E-state index contributed by atoms with van der Waals surface area (Å²) in [6.07, 6.45) is 3.43. The molecule has 1 saturated heterocycles. The molecule has 4 rings (SSSR count). The van der Waals surface area contributed by atoms with Crippen LogP contribution in [-0.4, -0.2) is 27.9 Å². The van der Waals surface area contributed by atoms with Crippen molar-refractivity contribution in [1.82, 2.24) is 5.32 Å². The van der Waals surface area contributed by atoms with E-state index in [0.717, 1.165) is 18.6 Å². The Morgan fingerprint density at radius 1 is 1.28 bits per heavy atom. The van der Waals surface area contributed by atoms with Crippen molar-refractivity contribution in [2.24, 2.45) is 27.0 Å². The second-order valence-corrected chi connectivity index (χ2v) is 10.4. The highest BCUT2D eigenvalue weighted by Crippen LogP contribution is 2.64. The van der Waals surface area contributed by atoms with Crippen molar-refractivity contribution in [3.8, 4) is 0 Å². The maximum Gasteiger partial charge on any atom is 0.240 e. The Bertz CT molecular complexity index is 912. The van der Waals surface area contributed by atoms with Crippen LogP contribution in [0.5, 0.6) is 0 Å². The highest BCUT2D eigenvalue weighted by molar-refractivity contribution is 8.15. The molecule has 2 N–H and O–H groups in total. The molecule has 0 unspecified atom stereocenters. The lowest BCUT2D eigenvalue weighted by Crippen LogP contribution is -2.32. The number of rotatable bonds is 4. The highest BCUT2D eigenvalue weighted by atomic mass is 35.5. The van der Waals surface area contributed by atoms with Crippen LogP contribution in [0.2, 0.25) is 5.02 Å². The zero-order chi connectivity index (χ0) is 20.8. The zero-order valence-electron chi connectivity index (χ0n) is 16.8. The first-order valence-electron chi connectivity index (χ1n) is 9.87. The first-order valence-corrected chi connectivity index (χ1v) is 11.1. The number of anilines is 1. The molecule has 6 nitrogen and oxygen atoms in total. The zero-order valence-corrected chi connectivity index (χ0v) is 18.4. The van der Waals surface area contributed by atoms with E-state index >= 15 is 0 Å². The molecule has 2 saturated carbocycles. The molecule has 0 spiro atoms. The fraction of sp³-hybridized carbons (Fsp3) is 0.524. The Morgan fingerprint density at radius 2 is 2.00 bits per heavy atom. The normalized spacial score (nSPS) is 32.8. The van der Waals surface area contributed by atoms with Crippen LogP contribution >= 0.6 is 23.4 Å². The van der Waals surface area contributed by atoms with Crippen LogP contribution in [0.15, 0.2) is 34.5 Å². The molecule has 1 aromatic rings. The van der Waals surface area contributed by atoms with Crippen molar-refractivity contribution < 1.29 is 9.59 Å². The number of halogens is 1. The lowest BCUT2D eigenvalue weighted by Gasteiger charge is -2.34. The average Bonchev–Trinajstić information content (AvgIpc) is 3.18. The molecule has 1 aromatic carbocycles. The van der Waals surface area contributed by atoms with E-state index in [1.165, 1.54) is 18.2 Å². The van der Waals surface area contributed by atoms with Crippen LogP contribution in [0.1, 0.15) is 46.5 Å². The smallest absolute Gasteiger partial charge is 0.240 e. The second-order valence-electron chi connectivity index (χ2n) is 8.80. The average molecular weight is 433 g/mol. The van der Waals surface area contributed by atoms with E-state index in [4.69, 9.17) is 11.6 Å². The summed E-state index contributed by atoms with van der Waals surface area (Å²) in [6, 6.07) is 6.86. The van der Waals surface area contributed by atoms with Crippen LogP contribution < -0.4 is 10.6 Å². The second kappa shape index (κ2) is 7.43. The molecule has 8 heteroatoms. The van der Waals surface area contributed by atoms with E-state index in [2.05, 4.69) is 41.6 Å². The predicted octanol–water partition coefficient (Wildman–Crippen LogP) is 4.46. The van der Waals surface area contributed by atoms with Gasteiger partial charge in [0.25, 0.3) is 0 Å². The molecule has 154 valence electrons. The van der Waals surface area contributed by atoms with Crippen LogP contribution in [0.25, 0.3) is 0 Å². The topological polar surface area (TPSA) is 82.9 Å². The minimum atomic E-state index is -0.506. The molecule has 1 aliphatic heterocycles. The third-order valence-electron chi connectivity index (χ3n) is 7.05. The van der Waals surface area contributed by atoms with Crippen LogP contribution in [0, 0.1) is 16.7 Å². The van der Waals surface area contributed by atoms with Gasteiger partial charge in [-0.1, -0.05) is 44.1 Å². The first kappa shape index (κ1) is 20.4. The Labute approximate surface area is 179 Å². The number of benzene rings is 1. The summed E-state index contributed by atoms with van der Waals surface area (Å²) in [5.74, 6) is 0.219. The predicted molar refractivity (Wildman–Crippen MR) is 118 cm³/mol. The number of hydrogen-bond donors (Lipinski definition) is 2. The molecule has 2 bridgehead atoms. The SMILES string of the molecule is CC1(C)[C@H]2CC[C@]1(C)/C(=N/N=C1/NC(=O)[C@H](CC(=O)Nc3ccc(Cl)cc3)S1)C2. The maximum absolute atomic E-state index is 12.3. The fourth-order valence-electron chi connectivity index (χ4n) is 4.69. The number of carbonyl (C=O) groups excluding carboxylic acids is 2. The third-order valence-corrected chi connectivity index (χ3v) is 8.37. The number of amidine groups is 1. The number of fused-ring (bicyclic) bond motifs is 2. The van der Waals surface area contributed by atoms with Gasteiger partial charge in [-0.2, -0.15) is 5.10 Å². The molecule has 0 radical (unpaired) electrons.